The number of likely N-dealkylation sites (tertiary alicyclic amines) is 1. The maximum atomic E-state index is 13.8. The molecule has 2 aliphatic heterocycles. The number of benzene rings is 1. The SMILES string of the molecule is COC1CCCOC12CCN(C(=O)c1ccc(F)cc1F)CC2. The highest BCUT2D eigenvalue weighted by molar-refractivity contribution is 5.94. The van der Waals surface area contributed by atoms with Gasteiger partial charge in [0.25, 0.3) is 5.91 Å². The van der Waals surface area contributed by atoms with Crippen LogP contribution in [0.2, 0.25) is 0 Å². The molecule has 3 rings (SSSR count). The summed E-state index contributed by atoms with van der Waals surface area (Å²) >= 11 is 0. The maximum Gasteiger partial charge on any atom is 0.256 e. The average Bonchev–Trinajstić information content (AvgIpc) is 2.55. The van der Waals surface area contributed by atoms with Gasteiger partial charge in [-0.25, -0.2) is 8.78 Å². The van der Waals surface area contributed by atoms with Crippen LogP contribution in [0.1, 0.15) is 36.0 Å². The molecular formula is C17H21F2NO3. The van der Waals surface area contributed by atoms with Crippen LogP contribution in [0, 0.1) is 11.6 Å². The molecule has 0 bridgehead atoms. The third-order valence-corrected chi connectivity index (χ3v) is 4.93. The second kappa shape index (κ2) is 6.53. The van der Waals surface area contributed by atoms with Gasteiger partial charge in [0.2, 0.25) is 0 Å². The van der Waals surface area contributed by atoms with Crippen molar-refractivity contribution in [2.24, 2.45) is 0 Å². The molecule has 0 saturated carbocycles. The quantitative estimate of drug-likeness (QED) is 0.839. The van der Waals surface area contributed by atoms with Gasteiger partial charge in [-0.2, -0.15) is 0 Å². The number of piperidine rings is 1. The van der Waals surface area contributed by atoms with Gasteiger partial charge in [-0.05, 0) is 37.8 Å². The molecule has 2 fully saturated rings. The van der Waals surface area contributed by atoms with E-state index in [-0.39, 0.29) is 17.3 Å². The van der Waals surface area contributed by atoms with Gasteiger partial charge in [0, 0.05) is 32.9 Å². The Bertz CT molecular complexity index is 585. The van der Waals surface area contributed by atoms with Crippen molar-refractivity contribution >= 4 is 5.91 Å². The fourth-order valence-electron chi connectivity index (χ4n) is 3.62. The molecule has 2 saturated heterocycles. The zero-order valence-electron chi connectivity index (χ0n) is 13.2. The van der Waals surface area contributed by atoms with E-state index in [4.69, 9.17) is 9.47 Å². The van der Waals surface area contributed by atoms with Crippen LogP contribution in [0.5, 0.6) is 0 Å². The molecule has 0 aliphatic carbocycles. The molecule has 4 nitrogen and oxygen atoms in total. The molecule has 1 aromatic rings. The smallest absolute Gasteiger partial charge is 0.256 e. The summed E-state index contributed by atoms with van der Waals surface area (Å²) in [7, 11) is 1.69. The van der Waals surface area contributed by atoms with Crippen molar-refractivity contribution < 1.29 is 23.0 Å². The first kappa shape index (κ1) is 16.3. The topological polar surface area (TPSA) is 38.8 Å². The molecule has 0 aromatic heterocycles. The van der Waals surface area contributed by atoms with E-state index in [0.29, 0.717) is 32.5 Å². The zero-order chi connectivity index (χ0) is 16.4. The second-order valence-electron chi connectivity index (χ2n) is 6.20. The summed E-state index contributed by atoms with van der Waals surface area (Å²) in [4.78, 5) is 14.0. The number of carbonyl (C=O) groups excluding carboxylic acids is 1. The summed E-state index contributed by atoms with van der Waals surface area (Å²) < 4.78 is 38.3. The van der Waals surface area contributed by atoms with Gasteiger partial charge < -0.3 is 14.4 Å². The Hall–Kier alpha value is -1.53. The van der Waals surface area contributed by atoms with Crippen LogP contribution in [0.15, 0.2) is 18.2 Å². The van der Waals surface area contributed by atoms with E-state index in [0.717, 1.165) is 25.0 Å². The predicted molar refractivity (Wildman–Crippen MR) is 80.2 cm³/mol. The Morgan fingerprint density at radius 1 is 1.35 bits per heavy atom. The Balaban J connectivity index is 1.69. The molecular weight excluding hydrogens is 304 g/mol. The summed E-state index contributed by atoms with van der Waals surface area (Å²) in [5.41, 5.74) is -0.430. The van der Waals surface area contributed by atoms with Gasteiger partial charge in [0.1, 0.15) is 11.6 Å². The number of nitrogens with zero attached hydrogens (tertiary/aromatic N) is 1. The highest BCUT2D eigenvalue weighted by Crippen LogP contribution is 2.37. The van der Waals surface area contributed by atoms with E-state index >= 15 is 0 Å². The van der Waals surface area contributed by atoms with Crippen molar-refractivity contribution in [1.29, 1.82) is 0 Å². The van der Waals surface area contributed by atoms with Gasteiger partial charge in [0.05, 0.1) is 17.3 Å². The van der Waals surface area contributed by atoms with Crippen LogP contribution in [-0.2, 0) is 9.47 Å². The third-order valence-electron chi connectivity index (χ3n) is 4.93. The summed E-state index contributed by atoms with van der Waals surface area (Å²) in [5, 5.41) is 0. The minimum Gasteiger partial charge on any atom is -0.378 e. The van der Waals surface area contributed by atoms with Crippen LogP contribution >= 0.6 is 0 Å². The van der Waals surface area contributed by atoms with Crippen LogP contribution in [-0.4, -0.2) is 49.3 Å². The highest BCUT2D eigenvalue weighted by atomic mass is 19.1. The third kappa shape index (κ3) is 3.10. The molecule has 2 heterocycles. The largest absolute Gasteiger partial charge is 0.378 e. The van der Waals surface area contributed by atoms with Crippen molar-refractivity contribution in [3.8, 4) is 0 Å². The fraction of sp³-hybridized carbons (Fsp3) is 0.588. The van der Waals surface area contributed by atoms with Crippen molar-refractivity contribution in [1.82, 2.24) is 4.90 Å². The molecule has 1 amide bonds. The second-order valence-corrected chi connectivity index (χ2v) is 6.20. The Morgan fingerprint density at radius 3 is 2.74 bits per heavy atom. The van der Waals surface area contributed by atoms with E-state index in [1.165, 1.54) is 6.07 Å². The minimum absolute atomic E-state index is 0.0380. The zero-order valence-corrected chi connectivity index (χ0v) is 13.2. The summed E-state index contributed by atoms with van der Waals surface area (Å²) in [6.45, 7) is 1.67. The predicted octanol–water partition coefficient (Wildman–Crippen LogP) is 2.77. The van der Waals surface area contributed by atoms with Crippen molar-refractivity contribution in [3.63, 3.8) is 0 Å². The van der Waals surface area contributed by atoms with Gasteiger partial charge in [-0.3, -0.25) is 4.79 Å². The van der Waals surface area contributed by atoms with E-state index < -0.39 is 17.5 Å². The molecule has 0 radical (unpaired) electrons. The molecule has 23 heavy (non-hydrogen) atoms. The maximum absolute atomic E-state index is 13.8. The highest BCUT2D eigenvalue weighted by Gasteiger charge is 2.45. The molecule has 0 N–H and O–H groups in total. The van der Waals surface area contributed by atoms with Gasteiger partial charge in [-0.15, -0.1) is 0 Å². The molecule has 1 atom stereocenters. The standard InChI is InChI=1S/C17H21F2NO3/c1-22-15-3-2-10-23-17(15)6-8-20(9-7-17)16(21)13-5-4-12(18)11-14(13)19/h4-5,11,15H,2-3,6-10H2,1H3. The first-order valence-corrected chi connectivity index (χ1v) is 7.97. The van der Waals surface area contributed by atoms with Crippen molar-refractivity contribution in [2.45, 2.75) is 37.4 Å². The number of amides is 1. The normalized spacial score (nSPS) is 24.0. The van der Waals surface area contributed by atoms with Crippen LogP contribution < -0.4 is 0 Å². The first-order valence-electron chi connectivity index (χ1n) is 7.97. The lowest BCUT2D eigenvalue weighted by Crippen LogP contribution is -2.56. The lowest BCUT2D eigenvalue weighted by Gasteiger charge is -2.48. The van der Waals surface area contributed by atoms with E-state index in [9.17, 15) is 13.6 Å². The summed E-state index contributed by atoms with van der Waals surface area (Å²) in [5.74, 6) is -1.91. The van der Waals surface area contributed by atoms with E-state index in [2.05, 4.69) is 0 Å². The summed E-state index contributed by atoms with van der Waals surface area (Å²) in [6, 6.07) is 3.04. The van der Waals surface area contributed by atoms with Crippen LogP contribution in [0.4, 0.5) is 8.78 Å². The molecule has 2 aliphatic rings. The van der Waals surface area contributed by atoms with Crippen LogP contribution in [0.3, 0.4) is 0 Å². The monoisotopic (exact) mass is 325 g/mol. The van der Waals surface area contributed by atoms with Gasteiger partial charge in [-0.1, -0.05) is 0 Å². The number of hydrogen-bond acceptors (Lipinski definition) is 3. The number of carbonyl (C=O) groups is 1. The van der Waals surface area contributed by atoms with Gasteiger partial charge in [0.15, 0.2) is 0 Å². The first-order chi connectivity index (χ1) is 11.1. The van der Waals surface area contributed by atoms with Crippen molar-refractivity contribution in [2.75, 3.05) is 26.8 Å². The van der Waals surface area contributed by atoms with Gasteiger partial charge >= 0.3 is 0 Å². The number of methoxy groups -OCH3 is 1. The average molecular weight is 325 g/mol. The Kier molecular flexibility index (Phi) is 4.64. The number of ether oxygens (including phenoxy) is 2. The number of rotatable bonds is 2. The number of halogens is 2. The lowest BCUT2D eigenvalue weighted by molar-refractivity contribution is -0.183. The summed E-state index contributed by atoms with van der Waals surface area (Å²) in [6.07, 6.45) is 3.30. The Labute approximate surface area is 134 Å². The fourth-order valence-corrected chi connectivity index (χ4v) is 3.62. The molecule has 1 aromatic carbocycles. The molecule has 1 unspecified atom stereocenters. The minimum atomic E-state index is -0.820. The van der Waals surface area contributed by atoms with E-state index in [1.807, 2.05) is 0 Å². The van der Waals surface area contributed by atoms with E-state index in [1.54, 1.807) is 12.0 Å². The lowest BCUT2D eigenvalue weighted by atomic mass is 9.81. The molecule has 6 heteroatoms. The number of hydrogen-bond donors (Lipinski definition) is 0. The Morgan fingerprint density at radius 2 is 2.09 bits per heavy atom. The van der Waals surface area contributed by atoms with Crippen LogP contribution in [0.25, 0.3) is 0 Å². The van der Waals surface area contributed by atoms with Crippen molar-refractivity contribution in [3.05, 3.63) is 35.4 Å². The molecule has 1 spiro atoms. The molecule has 126 valence electrons.